The molecular formula is C17H21N3OS. The van der Waals surface area contributed by atoms with Crippen LogP contribution in [0.1, 0.15) is 34.5 Å². The smallest absolute Gasteiger partial charge is 0.273 e. The van der Waals surface area contributed by atoms with Gasteiger partial charge in [0, 0.05) is 30.1 Å². The molecule has 1 aromatic carbocycles. The van der Waals surface area contributed by atoms with Gasteiger partial charge in [0.15, 0.2) is 0 Å². The molecule has 1 fully saturated rings. The fourth-order valence-electron chi connectivity index (χ4n) is 2.91. The number of nitrogens with two attached hydrogens (primary N) is 1. The monoisotopic (exact) mass is 315 g/mol. The Balaban J connectivity index is 1.82. The van der Waals surface area contributed by atoms with Gasteiger partial charge in [-0.3, -0.25) is 4.79 Å². The fraction of sp³-hybridized carbons (Fsp3) is 0.412. The maximum atomic E-state index is 12.5. The number of hydrogen-bond acceptors (Lipinski definition) is 4. The molecule has 2 heterocycles. The molecule has 2 N–H and O–H groups in total. The molecule has 0 saturated carbocycles. The van der Waals surface area contributed by atoms with Crippen LogP contribution in [0.3, 0.4) is 0 Å². The number of carbonyl (C=O) groups excluding carboxylic acids is 1. The fourth-order valence-corrected chi connectivity index (χ4v) is 3.79. The lowest BCUT2D eigenvalue weighted by Gasteiger charge is -2.30. The zero-order valence-corrected chi connectivity index (χ0v) is 13.8. The standard InChI is InChI=1S/C17H21N3OS/c1-11-5-6-14(12(2)8-11)16-19-15(10-22-16)17(21)20-7-3-4-13(18)9-20/h5-6,8,10,13H,3-4,7,9,18H2,1-2H3. The second-order valence-corrected chi connectivity index (χ2v) is 6.87. The summed E-state index contributed by atoms with van der Waals surface area (Å²) in [5, 5.41) is 2.76. The molecule has 1 aromatic heterocycles. The van der Waals surface area contributed by atoms with Crippen LogP contribution in [-0.4, -0.2) is 34.9 Å². The maximum absolute atomic E-state index is 12.5. The van der Waals surface area contributed by atoms with E-state index in [1.807, 2.05) is 10.3 Å². The van der Waals surface area contributed by atoms with Crippen molar-refractivity contribution in [3.8, 4) is 10.6 Å². The summed E-state index contributed by atoms with van der Waals surface area (Å²) in [7, 11) is 0. The quantitative estimate of drug-likeness (QED) is 0.927. The Morgan fingerprint density at radius 2 is 2.23 bits per heavy atom. The summed E-state index contributed by atoms with van der Waals surface area (Å²) in [5.41, 5.74) is 10.0. The SMILES string of the molecule is Cc1ccc(-c2nc(C(=O)N3CCCC(N)C3)cs2)c(C)c1. The third-order valence-corrected chi connectivity index (χ3v) is 4.96. The molecule has 2 aromatic rings. The molecule has 1 aliphatic heterocycles. The second kappa shape index (κ2) is 6.18. The first-order valence-electron chi connectivity index (χ1n) is 7.62. The number of piperidine rings is 1. The highest BCUT2D eigenvalue weighted by Crippen LogP contribution is 2.28. The zero-order valence-electron chi connectivity index (χ0n) is 13.0. The molecule has 0 spiro atoms. The molecule has 0 aliphatic carbocycles. The van der Waals surface area contributed by atoms with Gasteiger partial charge in [-0.05, 0) is 32.3 Å². The molecule has 1 aliphatic rings. The van der Waals surface area contributed by atoms with Crippen LogP contribution in [-0.2, 0) is 0 Å². The molecule has 4 nitrogen and oxygen atoms in total. The van der Waals surface area contributed by atoms with Crippen molar-refractivity contribution in [3.63, 3.8) is 0 Å². The lowest BCUT2D eigenvalue weighted by atomic mass is 10.1. The van der Waals surface area contributed by atoms with Crippen LogP contribution in [0, 0.1) is 13.8 Å². The molecule has 1 unspecified atom stereocenters. The van der Waals surface area contributed by atoms with Crippen LogP contribution in [0.25, 0.3) is 10.6 Å². The number of aryl methyl sites for hydroxylation is 2. The van der Waals surface area contributed by atoms with Crippen LogP contribution >= 0.6 is 11.3 Å². The first-order valence-corrected chi connectivity index (χ1v) is 8.50. The highest BCUT2D eigenvalue weighted by Gasteiger charge is 2.24. The van der Waals surface area contributed by atoms with Gasteiger partial charge in [-0.1, -0.05) is 23.8 Å². The Hall–Kier alpha value is -1.72. The topological polar surface area (TPSA) is 59.2 Å². The third-order valence-electron chi connectivity index (χ3n) is 4.08. The molecule has 1 atom stereocenters. The van der Waals surface area contributed by atoms with E-state index in [-0.39, 0.29) is 11.9 Å². The number of amides is 1. The van der Waals surface area contributed by atoms with E-state index in [0.29, 0.717) is 12.2 Å². The van der Waals surface area contributed by atoms with E-state index < -0.39 is 0 Å². The van der Waals surface area contributed by atoms with Gasteiger partial charge in [-0.2, -0.15) is 0 Å². The van der Waals surface area contributed by atoms with Gasteiger partial charge in [-0.15, -0.1) is 11.3 Å². The second-order valence-electron chi connectivity index (χ2n) is 6.01. The summed E-state index contributed by atoms with van der Waals surface area (Å²) in [4.78, 5) is 18.9. The van der Waals surface area contributed by atoms with Gasteiger partial charge in [0.05, 0.1) is 0 Å². The molecule has 3 rings (SSSR count). The van der Waals surface area contributed by atoms with Gasteiger partial charge in [-0.25, -0.2) is 4.98 Å². The zero-order chi connectivity index (χ0) is 15.7. The lowest BCUT2D eigenvalue weighted by Crippen LogP contribution is -2.45. The third kappa shape index (κ3) is 3.05. The van der Waals surface area contributed by atoms with Gasteiger partial charge in [0.2, 0.25) is 0 Å². The molecule has 1 saturated heterocycles. The molecule has 116 valence electrons. The Kier molecular flexibility index (Phi) is 4.27. The van der Waals surface area contributed by atoms with Crippen molar-refractivity contribution >= 4 is 17.2 Å². The Morgan fingerprint density at radius 1 is 1.41 bits per heavy atom. The summed E-state index contributed by atoms with van der Waals surface area (Å²) >= 11 is 1.53. The minimum atomic E-state index is 0.00224. The maximum Gasteiger partial charge on any atom is 0.273 e. The molecule has 22 heavy (non-hydrogen) atoms. The molecule has 1 amide bonds. The number of thiazole rings is 1. The van der Waals surface area contributed by atoms with Gasteiger partial charge < -0.3 is 10.6 Å². The number of rotatable bonds is 2. The van der Waals surface area contributed by atoms with Crippen molar-refractivity contribution < 1.29 is 4.79 Å². The average Bonchev–Trinajstić information content (AvgIpc) is 2.96. The van der Waals surface area contributed by atoms with Crippen molar-refractivity contribution in [3.05, 3.63) is 40.4 Å². The van der Waals surface area contributed by atoms with Gasteiger partial charge in [0.25, 0.3) is 5.91 Å². The van der Waals surface area contributed by atoms with E-state index in [2.05, 4.69) is 37.0 Å². The first-order chi connectivity index (χ1) is 10.5. The van der Waals surface area contributed by atoms with E-state index in [0.717, 1.165) is 30.0 Å². The highest BCUT2D eigenvalue weighted by atomic mass is 32.1. The largest absolute Gasteiger partial charge is 0.336 e. The van der Waals surface area contributed by atoms with Crippen LogP contribution in [0.4, 0.5) is 0 Å². The van der Waals surface area contributed by atoms with E-state index in [9.17, 15) is 4.79 Å². The van der Waals surface area contributed by atoms with E-state index >= 15 is 0 Å². The summed E-state index contributed by atoms with van der Waals surface area (Å²) < 4.78 is 0. The van der Waals surface area contributed by atoms with Crippen molar-refractivity contribution in [2.45, 2.75) is 32.7 Å². The molecule has 5 heteroatoms. The number of carbonyl (C=O) groups is 1. The Morgan fingerprint density at radius 3 is 2.95 bits per heavy atom. The van der Waals surface area contributed by atoms with Crippen LogP contribution in [0.15, 0.2) is 23.6 Å². The first kappa shape index (κ1) is 15.2. The van der Waals surface area contributed by atoms with Crippen LogP contribution in [0.2, 0.25) is 0 Å². The predicted octanol–water partition coefficient (Wildman–Crippen LogP) is 2.99. The Labute approximate surface area is 135 Å². The van der Waals surface area contributed by atoms with Crippen molar-refractivity contribution in [2.24, 2.45) is 5.73 Å². The minimum absolute atomic E-state index is 0.00224. The van der Waals surface area contributed by atoms with Crippen molar-refractivity contribution in [1.82, 2.24) is 9.88 Å². The molecular weight excluding hydrogens is 294 g/mol. The number of benzene rings is 1. The summed E-state index contributed by atoms with van der Waals surface area (Å²) in [6, 6.07) is 6.39. The van der Waals surface area contributed by atoms with E-state index in [1.165, 1.54) is 22.5 Å². The summed E-state index contributed by atoms with van der Waals surface area (Å²) in [5.74, 6) is 0.00224. The Bertz CT molecular complexity index is 695. The van der Waals surface area contributed by atoms with Crippen molar-refractivity contribution in [2.75, 3.05) is 13.1 Å². The normalized spacial score (nSPS) is 18.5. The lowest BCUT2D eigenvalue weighted by molar-refractivity contribution is 0.0704. The summed E-state index contributed by atoms with van der Waals surface area (Å²) in [6.07, 6.45) is 1.97. The van der Waals surface area contributed by atoms with E-state index in [1.54, 1.807) is 0 Å². The number of nitrogens with zero attached hydrogens (tertiary/aromatic N) is 2. The number of aromatic nitrogens is 1. The van der Waals surface area contributed by atoms with Gasteiger partial charge >= 0.3 is 0 Å². The predicted molar refractivity (Wildman–Crippen MR) is 90.1 cm³/mol. The average molecular weight is 315 g/mol. The highest BCUT2D eigenvalue weighted by molar-refractivity contribution is 7.13. The van der Waals surface area contributed by atoms with Crippen LogP contribution in [0.5, 0.6) is 0 Å². The van der Waals surface area contributed by atoms with E-state index in [4.69, 9.17) is 5.73 Å². The van der Waals surface area contributed by atoms with Gasteiger partial charge in [0.1, 0.15) is 10.7 Å². The minimum Gasteiger partial charge on any atom is -0.336 e. The summed E-state index contributed by atoms with van der Waals surface area (Å²) in [6.45, 7) is 5.57. The number of likely N-dealkylation sites (tertiary alicyclic amines) is 1. The van der Waals surface area contributed by atoms with Crippen molar-refractivity contribution in [1.29, 1.82) is 0 Å². The number of hydrogen-bond donors (Lipinski definition) is 1. The molecule has 0 radical (unpaired) electrons. The van der Waals surface area contributed by atoms with Crippen LogP contribution < -0.4 is 5.73 Å². The molecule has 0 bridgehead atoms.